The van der Waals surface area contributed by atoms with Crippen LogP contribution in [0.1, 0.15) is 15.9 Å². The number of sulfone groups is 1. The van der Waals surface area contributed by atoms with Gasteiger partial charge in [0.2, 0.25) is 0 Å². The second kappa shape index (κ2) is 6.52. The normalized spacial score (nSPS) is 13.4. The second-order valence-corrected chi connectivity index (χ2v) is 7.72. The molecule has 24 heavy (non-hydrogen) atoms. The Labute approximate surface area is 140 Å². The van der Waals surface area contributed by atoms with Crippen LogP contribution in [0.25, 0.3) is 0 Å². The van der Waals surface area contributed by atoms with E-state index < -0.39 is 9.84 Å². The molecule has 6 nitrogen and oxygen atoms in total. The maximum Gasteiger partial charge on any atom is 0.255 e. The molecule has 0 spiro atoms. The number of anilines is 1. The fourth-order valence-electron chi connectivity index (χ4n) is 2.38. The summed E-state index contributed by atoms with van der Waals surface area (Å²) in [5, 5.41) is 2.78. The first-order chi connectivity index (χ1) is 11.4. The molecule has 1 aliphatic rings. The Morgan fingerprint density at radius 2 is 1.71 bits per heavy atom. The van der Waals surface area contributed by atoms with Gasteiger partial charge >= 0.3 is 0 Å². The summed E-state index contributed by atoms with van der Waals surface area (Å²) in [7, 11) is -3.09. The minimum Gasteiger partial charge on any atom is -0.486 e. The lowest BCUT2D eigenvalue weighted by Crippen LogP contribution is -2.16. The Bertz CT molecular complexity index is 859. The summed E-state index contributed by atoms with van der Waals surface area (Å²) < 4.78 is 33.5. The number of carbonyl (C=O) groups excluding carboxylic acids is 1. The molecule has 7 heteroatoms. The summed E-state index contributed by atoms with van der Waals surface area (Å²) in [6.45, 7) is 0.991. The predicted molar refractivity (Wildman–Crippen MR) is 90.4 cm³/mol. The highest BCUT2D eigenvalue weighted by molar-refractivity contribution is 7.89. The monoisotopic (exact) mass is 347 g/mol. The molecule has 0 aromatic heterocycles. The van der Waals surface area contributed by atoms with Crippen molar-refractivity contribution < 1.29 is 22.7 Å². The Hall–Kier alpha value is -2.54. The van der Waals surface area contributed by atoms with E-state index in [2.05, 4.69) is 5.32 Å². The molecular weight excluding hydrogens is 330 g/mol. The lowest BCUT2D eigenvalue weighted by molar-refractivity contribution is 0.102. The minimum atomic E-state index is -3.09. The van der Waals surface area contributed by atoms with Crippen LogP contribution in [0.5, 0.6) is 11.5 Å². The number of hydrogen-bond donors (Lipinski definition) is 1. The number of benzene rings is 2. The van der Waals surface area contributed by atoms with Crippen molar-refractivity contribution in [3.8, 4) is 11.5 Å². The Morgan fingerprint density at radius 3 is 2.38 bits per heavy atom. The maximum absolute atomic E-state index is 12.3. The molecule has 3 rings (SSSR count). The topological polar surface area (TPSA) is 81.7 Å². The molecule has 0 atom stereocenters. The van der Waals surface area contributed by atoms with E-state index in [1.165, 1.54) is 6.26 Å². The van der Waals surface area contributed by atoms with Gasteiger partial charge in [0.1, 0.15) is 13.2 Å². The van der Waals surface area contributed by atoms with Crippen molar-refractivity contribution in [3.05, 3.63) is 53.6 Å². The van der Waals surface area contributed by atoms with E-state index >= 15 is 0 Å². The Balaban J connectivity index is 1.70. The molecule has 0 bridgehead atoms. The fraction of sp³-hybridized carbons (Fsp3) is 0.235. The average molecular weight is 347 g/mol. The van der Waals surface area contributed by atoms with Gasteiger partial charge in [-0.3, -0.25) is 4.79 Å². The van der Waals surface area contributed by atoms with E-state index in [1.54, 1.807) is 42.5 Å². The molecular formula is C17H17NO5S. The van der Waals surface area contributed by atoms with Crippen LogP contribution in [0, 0.1) is 0 Å². The van der Waals surface area contributed by atoms with Crippen LogP contribution in [0.15, 0.2) is 42.5 Å². The van der Waals surface area contributed by atoms with Gasteiger partial charge in [-0.25, -0.2) is 8.42 Å². The summed E-state index contributed by atoms with van der Waals surface area (Å²) in [5.74, 6) is 0.932. The van der Waals surface area contributed by atoms with Crippen molar-refractivity contribution in [1.82, 2.24) is 0 Å². The second-order valence-electron chi connectivity index (χ2n) is 5.58. The van der Waals surface area contributed by atoms with E-state index in [1.807, 2.05) is 0 Å². The van der Waals surface area contributed by atoms with Crippen LogP contribution < -0.4 is 14.8 Å². The molecule has 0 fully saturated rings. The zero-order chi connectivity index (χ0) is 17.2. The van der Waals surface area contributed by atoms with E-state index in [0.717, 1.165) is 0 Å². The van der Waals surface area contributed by atoms with Gasteiger partial charge in [-0.1, -0.05) is 12.1 Å². The van der Waals surface area contributed by atoms with Gasteiger partial charge in [-0.15, -0.1) is 0 Å². The number of carbonyl (C=O) groups is 1. The molecule has 2 aromatic carbocycles. The number of fused-ring (bicyclic) bond motifs is 1. The van der Waals surface area contributed by atoms with Crippen LogP contribution in [-0.2, 0) is 15.6 Å². The van der Waals surface area contributed by atoms with Crippen LogP contribution in [0.4, 0.5) is 5.69 Å². The number of nitrogens with one attached hydrogen (secondary N) is 1. The lowest BCUT2D eigenvalue weighted by atomic mass is 10.1. The third-order valence-corrected chi connectivity index (χ3v) is 4.30. The quantitative estimate of drug-likeness (QED) is 0.917. The Morgan fingerprint density at radius 1 is 1.04 bits per heavy atom. The van der Waals surface area contributed by atoms with Gasteiger partial charge in [-0.05, 0) is 29.8 Å². The average Bonchev–Trinajstić information content (AvgIpc) is 2.54. The smallest absolute Gasteiger partial charge is 0.255 e. The van der Waals surface area contributed by atoms with Gasteiger partial charge in [0.05, 0.1) is 5.75 Å². The number of amides is 1. The summed E-state index contributed by atoms with van der Waals surface area (Å²) in [6.07, 6.45) is 1.18. The van der Waals surface area contributed by atoms with E-state index in [-0.39, 0.29) is 11.7 Å². The third-order valence-electron chi connectivity index (χ3n) is 3.45. The van der Waals surface area contributed by atoms with Crippen molar-refractivity contribution in [2.75, 3.05) is 24.8 Å². The van der Waals surface area contributed by atoms with Crippen molar-refractivity contribution in [2.45, 2.75) is 5.75 Å². The number of ether oxygens (including phenoxy) is 2. The number of hydrogen-bond acceptors (Lipinski definition) is 5. The minimum absolute atomic E-state index is 0.0446. The van der Waals surface area contributed by atoms with Gasteiger partial charge in [0.15, 0.2) is 21.3 Å². The summed E-state index contributed by atoms with van der Waals surface area (Å²) in [6, 6.07) is 11.7. The van der Waals surface area contributed by atoms with Crippen LogP contribution >= 0.6 is 0 Å². The molecule has 0 radical (unpaired) electrons. The zero-order valence-electron chi connectivity index (χ0n) is 13.1. The summed E-state index contributed by atoms with van der Waals surface area (Å²) in [4.78, 5) is 12.3. The maximum atomic E-state index is 12.3. The summed E-state index contributed by atoms with van der Waals surface area (Å²) in [5.41, 5.74) is 1.69. The van der Waals surface area contributed by atoms with Crippen LogP contribution in [0.2, 0.25) is 0 Å². The molecule has 1 amide bonds. The first-order valence-corrected chi connectivity index (χ1v) is 9.44. The Kier molecular flexibility index (Phi) is 4.44. The molecule has 2 aromatic rings. The highest BCUT2D eigenvalue weighted by Gasteiger charge is 2.13. The van der Waals surface area contributed by atoms with Crippen LogP contribution in [-0.4, -0.2) is 33.8 Å². The standard InChI is InChI=1S/C17H17NO5S/c1-24(20,21)11-12-2-4-13(5-3-12)17(19)18-14-6-7-15-16(10-14)23-9-8-22-15/h2-7,10H,8-9,11H2,1H3,(H,18,19). The van der Waals surface area contributed by atoms with Crippen LogP contribution in [0.3, 0.4) is 0 Å². The zero-order valence-corrected chi connectivity index (χ0v) is 13.9. The van der Waals surface area contributed by atoms with Gasteiger partial charge in [0.25, 0.3) is 5.91 Å². The van der Waals surface area contributed by atoms with E-state index in [9.17, 15) is 13.2 Å². The number of rotatable bonds is 4. The molecule has 1 N–H and O–H groups in total. The largest absolute Gasteiger partial charge is 0.486 e. The first-order valence-electron chi connectivity index (χ1n) is 7.38. The molecule has 1 heterocycles. The molecule has 0 saturated carbocycles. The van der Waals surface area contributed by atoms with Gasteiger partial charge < -0.3 is 14.8 Å². The molecule has 0 aliphatic carbocycles. The van der Waals surface area contributed by atoms with Crippen molar-refractivity contribution in [1.29, 1.82) is 0 Å². The predicted octanol–water partition coefficient (Wildman–Crippen LogP) is 2.25. The first kappa shape index (κ1) is 16.3. The molecule has 0 saturated heterocycles. The van der Waals surface area contributed by atoms with Crippen molar-refractivity contribution >= 4 is 21.4 Å². The van der Waals surface area contributed by atoms with Gasteiger partial charge in [0, 0.05) is 23.6 Å². The molecule has 0 unspecified atom stereocenters. The summed E-state index contributed by atoms with van der Waals surface area (Å²) >= 11 is 0. The van der Waals surface area contributed by atoms with E-state index in [0.29, 0.717) is 41.5 Å². The fourth-order valence-corrected chi connectivity index (χ4v) is 3.18. The van der Waals surface area contributed by atoms with Crippen molar-refractivity contribution in [3.63, 3.8) is 0 Å². The lowest BCUT2D eigenvalue weighted by Gasteiger charge is -2.19. The SMILES string of the molecule is CS(=O)(=O)Cc1ccc(C(=O)Nc2ccc3c(c2)OCCO3)cc1. The van der Waals surface area contributed by atoms with Crippen molar-refractivity contribution in [2.24, 2.45) is 0 Å². The third kappa shape index (κ3) is 4.05. The molecule has 126 valence electrons. The molecule has 1 aliphatic heterocycles. The van der Waals surface area contributed by atoms with Gasteiger partial charge in [-0.2, -0.15) is 0 Å². The highest BCUT2D eigenvalue weighted by atomic mass is 32.2. The van der Waals surface area contributed by atoms with E-state index in [4.69, 9.17) is 9.47 Å². The highest BCUT2D eigenvalue weighted by Crippen LogP contribution is 2.32.